The number of carbonyl (C=O) groups is 2. The molecule has 1 N–H and O–H groups in total. The maximum atomic E-state index is 13.3. The van der Waals surface area contributed by atoms with E-state index in [0.717, 1.165) is 5.56 Å². The number of nitrogens with zero attached hydrogens (tertiary/aromatic N) is 2. The van der Waals surface area contributed by atoms with Crippen LogP contribution >= 0.6 is 0 Å². The Labute approximate surface area is 203 Å². The van der Waals surface area contributed by atoms with Crippen LogP contribution in [-0.2, 0) is 9.59 Å². The number of hydrogen-bond acceptors (Lipinski definition) is 6. The number of ether oxygens (including phenoxy) is 2. The molecular formula is C28H24N2O5. The van der Waals surface area contributed by atoms with Gasteiger partial charge >= 0.3 is 0 Å². The number of hydrogen-bond donors (Lipinski definition) is 1. The molecule has 1 unspecified atom stereocenters. The highest BCUT2D eigenvalue weighted by Gasteiger charge is 2.47. The molecule has 1 fully saturated rings. The predicted molar refractivity (Wildman–Crippen MR) is 131 cm³/mol. The lowest BCUT2D eigenvalue weighted by Gasteiger charge is -2.25. The number of anilines is 1. The van der Waals surface area contributed by atoms with Crippen LogP contribution in [0.5, 0.6) is 11.5 Å². The zero-order chi connectivity index (χ0) is 25.1. The second-order valence-corrected chi connectivity index (χ2v) is 8.02. The van der Waals surface area contributed by atoms with Gasteiger partial charge in [0.1, 0.15) is 17.3 Å². The Bertz CT molecular complexity index is 1370. The summed E-state index contributed by atoms with van der Waals surface area (Å²) in [4.78, 5) is 27.9. The van der Waals surface area contributed by atoms with Crippen molar-refractivity contribution in [2.75, 3.05) is 18.6 Å². The lowest BCUT2D eigenvalue weighted by Crippen LogP contribution is -2.29. The van der Waals surface area contributed by atoms with Gasteiger partial charge in [-0.3, -0.25) is 14.5 Å². The van der Waals surface area contributed by atoms with Crippen molar-refractivity contribution >= 4 is 23.1 Å². The van der Waals surface area contributed by atoms with E-state index in [2.05, 4.69) is 0 Å². The lowest BCUT2D eigenvalue weighted by atomic mass is 9.94. The molecule has 0 saturated carbocycles. The molecule has 0 bridgehead atoms. The Morgan fingerprint density at radius 2 is 1.83 bits per heavy atom. The number of amides is 1. The molecule has 0 spiro atoms. The molecule has 1 saturated heterocycles. The second kappa shape index (κ2) is 9.74. The SMILES string of the molecule is CCOc1ccc(/C(O)=C2/C(=O)C(=O)N(c3ccc(C#N)cc3)C2c2cccc(OC)c2)cc1C. The molecule has 0 radical (unpaired) electrons. The average Bonchev–Trinajstić information content (AvgIpc) is 3.15. The molecule has 1 aliphatic rings. The van der Waals surface area contributed by atoms with Gasteiger partial charge in [0.05, 0.1) is 37.0 Å². The molecule has 7 heteroatoms. The second-order valence-electron chi connectivity index (χ2n) is 8.02. The van der Waals surface area contributed by atoms with Crippen LogP contribution in [0.3, 0.4) is 0 Å². The van der Waals surface area contributed by atoms with Gasteiger partial charge in [-0.25, -0.2) is 0 Å². The Kier molecular flexibility index (Phi) is 6.56. The van der Waals surface area contributed by atoms with E-state index in [-0.39, 0.29) is 11.3 Å². The largest absolute Gasteiger partial charge is 0.507 e. The smallest absolute Gasteiger partial charge is 0.300 e. The van der Waals surface area contributed by atoms with Crippen molar-refractivity contribution in [2.45, 2.75) is 19.9 Å². The predicted octanol–water partition coefficient (Wildman–Crippen LogP) is 4.90. The zero-order valence-electron chi connectivity index (χ0n) is 19.6. The van der Waals surface area contributed by atoms with Crippen LogP contribution in [0.4, 0.5) is 5.69 Å². The first kappa shape index (κ1) is 23.6. The van der Waals surface area contributed by atoms with E-state index in [0.29, 0.717) is 40.5 Å². The van der Waals surface area contributed by atoms with Crippen molar-refractivity contribution < 1.29 is 24.2 Å². The first-order chi connectivity index (χ1) is 16.9. The van der Waals surface area contributed by atoms with Crippen molar-refractivity contribution in [3.05, 3.63) is 94.6 Å². The van der Waals surface area contributed by atoms with E-state index >= 15 is 0 Å². The Balaban J connectivity index is 1.92. The maximum Gasteiger partial charge on any atom is 0.300 e. The topological polar surface area (TPSA) is 99.9 Å². The molecule has 7 nitrogen and oxygen atoms in total. The molecule has 1 heterocycles. The number of rotatable bonds is 6. The summed E-state index contributed by atoms with van der Waals surface area (Å²) in [6.45, 7) is 4.22. The third kappa shape index (κ3) is 4.34. The van der Waals surface area contributed by atoms with Gasteiger partial charge in [-0.15, -0.1) is 0 Å². The van der Waals surface area contributed by atoms with Crippen LogP contribution in [0.25, 0.3) is 5.76 Å². The minimum Gasteiger partial charge on any atom is -0.507 e. The lowest BCUT2D eigenvalue weighted by molar-refractivity contribution is -0.132. The molecule has 1 atom stereocenters. The highest BCUT2D eigenvalue weighted by Crippen LogP contribution is 2.43. The highest BCUT2D eigenvalue weighted by atomic mass is 16.5. The van der Waals surface area contributed by atoms with Crippen LogP contribution in [-0.4, -0.2) is 30.5 Å². The number of carbonyl (C=O) groups excluding carboxylic acids is 2. The van der Waals surface area contributed by atoms with Gasteiger partial charge in [-0.1, -0.05) is 12.1 Å². The van der Waals surface area contributed by atoms with Gasteiger partial charge in [0.2, 0.25) is 0 Å². The summed E-state index contributed by atoms with van der Waals surface area (Å²) >= 11 is 0. The molecule has 1 aliphatic heterocycles. The zero-order valence-corrected chi connectivity index (χ0v) is 19.6. The van der Waals surface area contributed by atoms with Crippen molar-refractivity contribution in [2.24, 2.45) is 0 Å². The van der Waals surface area contributed by atoms with E-state index in [4.69, 9.17) is 14.7 Å². The average molecular weight is 469 g/mol. The summed E-state index contributed by atoms with van der Waals surface area (Å²) in [6.07, 6.45) is 0. The molecule has 3 aromatic rings. The van der Waals surface area contributed by atoms with Crippen molar-refractivity contribution in [1.29, 1.82) is 5.26 Å². The van der Waals surface area contributed by atoms with Crippen LogP contribution in [0.1, 0.15) is 35.2 Å². The van der Waals surface area contributed by atoms with Crippen LogP contribution in [0.15, 0.2) is 72.3 Å². The van der Waals surface area contributed by atoms with E-state index in [1.54, 1.807) is 66.7 Å². The van der Waals surface area contributed by atoms with E-state index in [1.165, 1.54) is 12.0 Å². The van der Waals surface area contributed by atoms with Gasteiger partial charge in [0, 0.05) is 11.3 Å². The van der Waals surface area contributed by atoms with Crippen molar-refractivity contribution in [3.8, 4) is 17.6 Å². The van der Waals surface area contributed by atoms with Crippen molar-refractivity contribution in [1.82, 2.24) is 0 Å². The Morgan fingerprint density at radius 1 is 1.09 bits per heavy atom. The number of aliphatic hydroxyl groups is 1. The minimum absolute atomic E-state index is 0.0313. The maximum absolute atomic E-state index is 13.3. The monoisotopic (exact) mass is 468 g/mol. The quantitative estimate of drug-likeness (QED) is 0.314. The number of aliphatic hydroxyl groups excluding tert-OH is 1. The summed E-state index contributed by atoms with van der Waals surface area (Å²) in [7, 11) is 1.53. The summed E-state index contributed by atoms with van der Waals surface area (Å²) in [5, 5.41) is 20.5. The molecule has 35 heavy (non-hydrogen) atoms. The molecule has 3 aromatic carbocycles. The third-order valence-corrected chi connectivity index (χ3v) is 5.88. The summed E-state index contributed by atoms with van der Waals surface area (Å²) in [5.41, 5.74) is 2.61. The van der Waals surface area contributed by atoms with Crippen LogP contribution in [0.2, 0.25) is 0 Å². The molecule has 1 amide bonds. The van der Waals surface area contributed by atoms with Crippen LogP contribution < -0.4 is 14.4 Å². The summed E-state index contributed by atoms with van der Waals surface area (Å²) in [6, 6.07) is 19.6. The Hall–Kier alpha value is -4.57. The van der Waals surface area contributed by atoms with E-state index in [9.17, 15) is 14.7 Å². The van der Waals surface area contributed by atoms with Gasteiger partial charge < -0.3 is 14.6 Å². The number of nitriles is 1. The number of Topliss-reactive ketones (excluding diaryl/α,β-unsaturated/α-hetero) is 1. The fraction of sp³-hybridized carbons (Fsp3) is 0.179. The fourth-order valence-electron chi connectivity index (χ4n) is 4.19. The normalized spacial score (nSPS) is 16.7. The van der Waals surface area contributed by atoms with Gasteiger partial charge in [-0.05, 0) is 79.6 Å². The van der Waals surface area contributed by atoms with Crippen LogP contribution in [0, 0.1) is 18.3 Å². The number of benzene rings is 3. The molecule has 176 valence electrons. The first-order valence-electron chi connectivity index (χ1n) is 11.1. The fourth-order valence-corrected chi connectivity index (χ4v) is 4.19. The van der Waals surface area contributed by atoms with E-state index in [1.807, 2.05) is 19.9 Å². The standard InChI is InChI=1S/C28H24N2O5/c1-4-35-23-13-10-20(14-17(23)2)26(31)24-25(19-6-5-7-22(15-19)34-3)30(28(33)27(24)32)21-11-8-18(16-29)9-12-21/h5-15,25,31H,4H2,1-3H3/b26-24-. The molecule has 0 aliphatic carbocycles. The third-order valence-electron chi connectivity index (χ3n) is 5.88. The number of methoxy groups -OCH3 is 1. The summed E-state index contributed by atoms with van der Waals surface area (Å²) in [5.74, 6) is -0.632. The number of ketones is 1. The Morgan fingerprint density at radius 3 is 2.46 bits per heavy atom. The molecular weight excluding hydrogens is 444 g/mol. The molecule has 4 rings (SSSR count). The minimum atomic E-state index is -0.898. The summed E-state index contributed by atoms with van der Waals surface area (Å²) < 4.78 is 10.9. The van der Waals surface area contributed by atoms with Gasteiger partial charge in [0.25, 0.3) is 11.7 Å². The highest BCUT2D eigenvalue weighted by molar-refractivity contribution is 6.51. The van der Waals surface area contributed by atoms with Gasteiger partial charge in [0.15, 0.2) is 0 Å². The van der Waals surface area contributed by atoms with Crippen molar-refractivity contribution in [3.63, 3.8) is 0 Å². The van der Waals surface area contributed by atoms with E-state index < -0.39 is 17.7 Å². The number of aryl methyl sites for hydroxylation is 1. The van der Waals surface area contributed by atoms with Gasteiger partial charge in [-0.2, -0.15) is 5.26 Å². The molecule has 0 aromatic heterocycles. The first-order valence-corrected chi connectivity index (χ1v) is 11.1.